The highest BCUT2D eigenvalue weighted by Crippen LogP contribution is 2.27. The van der Waals surface area contributed by atoms with Gasteiger partial charge in [-0.2, -0.15) is 0 Å². The van der Waals surface area contributed by atoms with E-state index < -0.39 is 0 Å². The first-order valence-electron chi connectivity index (χ1n) is 10.7. The van der Waals surface area contributed by atoms with Gasteiger partial charge < -0.3 is 0 Å². The summed E-state index contributed by atoms with van der Waals surface area (Å²) in [6, 6.07) is 0. The summed E-state index contributed by atoms with van der Waals surface area (Å²) in [7, 11) is 0. The third-order valence-electron chi connectivity index (χ3n) is 7.17. The van der Waals surface area contributed by atoms with E-state index in [0.29, 0.717) is 0 Å². The van der Waals surface area contributed by atoms with Gasteiger partial charge in [0, 0.05) is 0 Å². The maximum Gasteiger partial charge on any atom is -0.0302 e. The van der Waals surface area contributed by atoms with Gasteiger partial charge in [-0.15, -0.1) is 0 Å². The molecule has 0 aromatic heterocycles. The van der Waals surface area contributed by atoms with Crippen LogP contribution in [0.25, 0.3) is 0 Å². The maximum absolute atomic E-state index is 2.26. The lowest BCUT2D eigenvalue weighted by Crippen LogP contribution is -2.04. The van der Waals surface area contributed by atoms with Gasteiger partial charge in [0.25, 0.3) is 0 Å². The zero-order chi connectivity index (χ0) is 21.0. The molecule has 0 heterocycles. The van der Waals surface area contributed by atoms with Crippen LogP contribution < -0.4 is 0 Å². The molecule has 0 unspecified atom stereocenters. The Morgan fingerprint density at radius 2 is 0.481 bits per heavy atom. The van der Waals surface area contributed by atoms with E-state index in [4.69, 9.17) is 0 Å². The molecule has 0 saturated carbocycles. The second-order valence-electron chi connectivity index (χ2n) is 8.12. The van der Waals surface area contributed by atoms with Gasteiger partial charge in [-0.1, -0.05) is 20.8 Å². The van der Waals surface area contributed by atoms with Crippen LogP contribution in [-0.2, 0) is 19.3 Å². The van der Waals surface area contributed by atoms with Gasteiger partial charge >= 0.3 is 0 Å². The van der Waals surface area contributed by atoms with Crippen molar-refractivity contribution in [3.05, 3.63) is 66.8 Å². The van der Waals surface area contributed by atoms with Crippen LogP contribution in [0.3, 0.4) is 0 Å². The van der Waals surface area contributed by atoms with Crippen LogP contribution >= 0.6 is 0 Å². The molecule has 0 saturated heterocycles. The highest BCUT2D eigenvalue weighted by atomic mass is 14.2. The minimum Gasteiger partial charge on any atom is -0.0613 e. The fourth-order valence-electron chi connectivity index (χ4n) is 4.53. The van der Waals surface area contributed by atoms with Crippen LogP contribution in [0.5, 0.6) is 0 Å². The zero-order valence-corrected chi connectivity index (χ0v) is 20.1. The van der Waals surface area contributed by atoms with Gasteiger partial charge in [0.15, 0.2) is 0 Å². The van der Waals surface area contributed by atoms with Crippen LogP contribution in [0.4, 0.5) is 0 Å². The Morgan fingerprint density at radius 1 is 0.296 bits per heavy atom. The smallest absolute Gasteiger partial charge is 0.0302 e. The standard InChI is InChI=1S/C14H22.C13H20/c1-7-13-11(5)9(3)10(4)12(6)14(13)8-2;1-7-13-11(5)9(3)8(2)10(4)12(13)6/h7-8H2,1-6H3;7H2,1-6H3. The summed E-state index contributed by atoms with van der Waals surface area (Å²) in [5.41, 5.74) is 18.1. The summed E-state index contributed by atoms with van der Waals surface area (Å²) in [6.45, 7) is 27.0. The number of hydrogen-bond acceptors (Lipinski definition) is 0. The molecule has 0 atom stereocenters. The topological polar surface area (TPSA) is 0 Å². The lowest BCUT2D eigenvalue weighted by molar-refractivity contribution is 0.978. The van der Waals surface area contributed by atoms with Crippen molar-refractivity contribution in [3.63, 3.8) is 0 Å². The fraction of sp³-hybridized carbons (Fsp3) is 0.556. The van der Waals surface area contributed by atoms with Gasteiger partial charge in [-0.05, 0) is 148 Å². The Hall–Kier alpha value is -1.56. The SMILES string of the molecule is CCc1c(C)c(C)c(C)c(C)c1C.CCc1c(C)c(C)c(C)c(C)c1CC. The van der Waals surface area contributed by atoms with Crippen molar-refractivity contribution in [2.45, 2.75) is 102 Å². The van der Waals surface area contributed by atoms with Crippen LogP contribution in [-0.4, -0.2) is 0 Å². The molecular formula is C27H42. The maximum atomic E-state index is 2.26. The van der Waals surface area contributed by atoms with Crippen LogP contribution in [0.2, 0.25) is 0 Å². The van der Waals surface area contributed by atoms with Crippen molar-refractivity contribution < 1.29 is 0 Å². The largest absolute Gasteiger partial charge is 0.0613 e. The first kappa shape index (κ1) is 23.5. The van der Waals surface area contributed by atoms with Crippen molar-refractivity contribution in [1.29, 1.82) is 0 Å². The van der Waals surface area contributed by atoms with Gasteiger partial charge in [-0.25, -0.2) is 0 Å². The van der Waals surface area contributed by atoms with Crippen molar-refractivity contribution in [2.75, 3.05) is 0 Å². The molecule has 150 valence electrons. The van der Waals surface area contributed by atoms with Gasteiger partial charge in [0.2, 0.25) is 0 Å². The summed E-state index contributed by atoms with van der Waals surface area (Å²) in [5.74, 6) is 0. The van der Waals surface area contributed by atoms with Crippen molar-refractivity contribution >= 4 is 0 Å². The van der Waals surface area contributed by atoms with Crippen LogP contribution in [0, 0.1) is 62.3 Å². The van der Waals surface area contributed by atoms with E-state index >= 15 is 0 Å². The Labute approximate surface area is 169 Å². The molecule has 0 aliphatic carbocycles. The molecule has 0 heteroatoms. The Balaban J connectivity index is 0.000000271. The molecule has 2 rings (SSSR count). The van der Waals surface area contributed by atoms with E-state index in [9.17, 15) is 0 Å². The Bertz CT molecular complexity index is 755. The van der Waals surface area contributed by atoms with E-state index in [-0.39, 0.29) is 0 Å². The molecule has 2 aromatic rings. The highest BCUT2D eigenvalue weighted by molar-refractivity contribution is 5.50. The second-order valence-corrected chi connectivity index (χ2v) is 8.12. The number of rotatable bonds is 3. The summed E-state index contributed by atoms with van der Waals surface area (Å²) < 4.78 is 0. The number of hydrogen-bond donors (Lipinski definition) is 0. The average molecular weight is 367 g/mol. The third kappa shape index (κ3) is 4.48. The fourth-order valence-corrected chi connectivity index (χ4v) is 4.53. The summed E-state index contributed by atoms with van der Waals surface area (Å²) in [4.78, 5) is 0. The van der Waals surface area contributed by atoms with E-state index in [1.165, 1.54) is 50.1 Å². The molecule has 0 fully saturated rings. The monoisotopic (exact) mass is 366 g/mol. The summed E-state index contributed by atoms with van der Waals surface area (Å²) >= 11 is 0. The molecule has 0 spiro atoms. The lowest BCUT2D eigenvalue weighted by atomic mass is 9.87. The van der Waals surface area contributed by atoms with Crippen LogP contribution in [0.15, 0.2) is 0 Å². The Kier molecular flexibility index (Phi) is 8.33. The average Bonchev–Trinajstić information content (AvgIpc) is 2.66. The molecule has 0 amide bonds. The summed E-state index contributed by atoms with van der Waals surface area (Å²) in [5, 5.41) is 0. The molecule has 0 bridgehead atoms. The molecule has 0 radical (unpaired) electrons. The quantitative estimate of drug-likeness (QED) is 0.519. The third-order valence-corrected chi connectivity index (χ3v) is 7.17. The molecule has 0 aliphatic heterocycles. The first-order valence-corrected chi connectivity index (χ1v) is 10.7. The van der Waals surface area contributed by atoms with E-state index in [0.717, 1.165) is 19.3 Å². The molecule has 27 heavy (non-hydrogen) atoms. The van der Waals surface area contributed by atoms with Crippen molar-refractivity contribution in [3.8, 4) is 0 Å². The predicted molar refractivity (Wildman–Crippen MR) is 124 cm³/mol. The molecule has 0 aliphatic rings. The normalized spacial score (nSPS) is 10.7. The van der Waals surface area contributed by atoms with Gasteiger partial charge in [-0.3, -0.25) is 0 Å². The molecule has 2 aromatic carbocycles. The van der Waals surface area contributed by atoms with E-state index in [1.807, 2.05) is 0 Å². The second kappa shape index (κ2) is 9.58. The summed E-state index contributed by atoms with van der Waals surface area (Å²) in [6.07, 6.45) is 3.48. The molecule has 0 N–H and O–H groups in total. The van der Waals surface area contributed by atoms with Crippen molar-refractivity contribution in [1.82, 2.24) is 0 Å². The molecule has 0 nitrogen and oxygen atoms in total. The zero-order valence-electron chi connectivity index (χ0n) is 20.1. The highest BCUT2D eigenvalue weighted by Gasteiger charge is 2.12. The minimum atomic E-state index is 1.15. The first-order chi connectivity index (χ1) is 12.5. The predicted octanol–water partition coefficient (Wildman–Crippen LogP) is 7.84. The van der Waals surface area contributed by atoms with Gasteiger partial charge in [0.05, 0.1) is 0 Å². The Morgan fingerprint density at radius 3 is 0.704 bits per heavy atom. The van der Waals surface area contributed by atoms with Crippen LogP contribution in [0.1, 0.15) is 87.5 Å². The van der Waals surface area contributed by atoms with Crippen molar-refractivity contribution in [2.24, 2.45) is 0 Å². The van der Waals surface area contributed by atoms with E-state index in [2.05, 4.69) is 83.1 Å². The minimum absolute atomic E-state index is 1.15. The lowest BCUT2D eigenvalue weighted by Gasteiger charge is -2.19. The van der Waals surface area contributed by atoms with E-state index in [1.54, 1.807) is 16.7 Å². The van der Waals surface area contributed by atoms with Gasteiger partial charge in [0.1, 0.15) is 0 Å². The number of benzene rings is 2. The molecular weight excluding hydrogens is 324 g/mol.